The van der Waals surface area contributed by atoms with Crippen molar-refractivity contribution < 1.29 is 9.47 Å². The van der Waals surface area contributed by atoms with Crippen molar-refractivity contribution in [1.29, 1.82) is 0 Å². The Kier molecular flexibility index (Phi) is 8.76. The zero-order valence-electron chi connectivity index (χ0n) is 15.0. The molecule has 0 radical (unpaired) electrons. The summed E-state index contributed by atoms with van der Waals surface area (Å²) in [6, 6.07) is 0. The molecule has 0 amide bonds. The smallest absolute Gasteiger partial charge is 0.227 e. The first-order chi connectivity index (χ1) is 11.8. The van der Waals surface area contributed by atoms with E-state index in [-0.39, 0.29) is 0 Å². The van der Waals surface area contributed by atoms with Gasteiger partial charge < -0.3 is 20.1 Å². The van der Waals surface area contributed by atoms with Crippen LogP contribution < -0.4 is 10.6 Å². The predicted octanol–water partition coefficient (Wildman–Crippen LogP) is 2.82. The van der Waals surface area contributed by atoms with E-state index in [0.717, 1.165) is 19.0 Å². The van der Waals surface area contributed by atoms with Crippen molar-refractivity contribution in [1.82, 2.24) is 15.0 Å². The molecule has 0 aromatic carbocycles. The highest BCUT2D eigenvalue weighted by Crippen LogP contribution is 2.31. The number of nitrogens with one attached hydrogen (secondary N) is 2. The van der Waals surface area contributed by atoms with Crippen molar-refractivity contribution in [3.63, 3.8) is 0 Å². The van der Waals surface area contributed by atoms with Gasteiger partial charge in [0, 0.05) is 32.2 Å². The van der Waals surface area contributed by atoms with Crippen molar-refractivity contribution >= 4 is 11.9 Å². The molecule has 1 aromatic heterocycles. The summed E-state index contributed by atoms with van der Waals surface area (Å²) in [5, 5.41) is 6.48. The number of rotatable bonds is 11. The van der Waals surface area contributed by atoms with Crippen LogP contribution in [-0.2, 0) is 9.47 Å². The lowest BCUT2D eigenvalue weighted by Gasteiger charge is -2.21. The molecule has 0 spiro atoms. The number of hydrogen-bond donors (Lipinski definition) is 2. The molecule has 0 unspecified atom stereocenters. The third-order valence-corrected chi connectivity index (χ3v) is 4.09. The van der Waals surface area contributed by atoms with E-state index in [1.165, 1.54) is 32.1 Å². The topological polar surface area (TPSA) is 81.2 Å². The van der Waals surface area contributed by atoms with Gasteiger partial charge in [-0.3, -0.25) is 0 Å². The number of aromatic nitrogens is 3. The fraction of sp³-hybridized carbons (Fsp3) is 0.824. The summed E-state index contributed by atoms with van der Waals surface area (Å²) >= 11 is 0. The molecule has 0 bridgehead atoms. The lowest BCUT2D eigenvalue weighted by Crippen LogP contribution is -2.18. The Morgan fingerprint density at radius 2 is 1.38 bits per heavy atom. The highest BCUT2D eigenvalue weighted by molar-refractivity contribution is 5.35. The van der Waals surface area contributed by atoms with Crippen LogP contribution in [0.15, 0.2) is 0 Å². The van der Waals surface area contributed by atoms with Crippen LogP contribution >= 0.6 is 0 Å². The molecule has 1 fully saturated rings. The Hall–Kier alpha value is -1.47. The molecule has 1 aliphatic carbocycles. The van der Waals surface area contributed by atoms with E-state index in [0.29, 0.717) is 44.1 Å². The SMILES string of the molecule is CCOCCNc1nc(NCCOCC)nc(C2CCCCC2)n1. The number of nitrogens with zero attached hydrogens (tertiary/aromatic N) is 3. The second-order valence-corrected chi connectivity index (χ2v) is 5.92. The molecule has 24 heavy (non-hydrogen) atoms. The highest BCUT2D eigenvalue weighted by Gasteiger charge is 2.20. The van der Waals surface area contributed by atoms with Gasteiger partial charge in [0.15, 0.2) is 0 Å². The summed E-state index contributed by atoms with van der Waals surface area (Å²) in [6.07, 6.45) is 6.18. The van der Waals surface area contributed by atoms with E-state index in [9.17, 15) is 0 Å². The standard InChI is InChI=1S/C17H31N5O2/c1-3-23-12-10-18-16-20-15(14-8-6-5-7-9-14)21-17(22-16)19-11-13-24-4-2/h14H,3-13H2,1-2H3,(H2,18,19,20,21,22). The quantitative estimate of drug-likeness (QED) is 0.601. The van der Waals surface area contributed by atoms with E-state index in [4.69, 9.17) is 9.47 Å². The average molecular weight is 337 g/mol. The summed E-state index contributed by atoms with van der Waals surface area (Å²) in [6.45, 7) is 8.10. The van der Waals surface area contributed by atoms with E-state index in [2.05, 4.69) is 25.6 Å². The first-order valence-electron chi connectivity index (χ1n) is 9.22. The summed E-state index contributed by atoms with van der Waals surface area (Å²) in [4.78, 5) is 13.7. The van der Waals surface area contributed by atoms with Gasteiger partial charge in [-0.2, -0.15) is 15.0 Å². The molecule has 1 saturated carbocycles. The van der Waals surface area contributed by atoms with Crippen LogP contribution in [0.3, 0.4) is 0 Å². The van der Waals surface area contributed by atoms with Gasteiger partial charge in [0.05, 0.1) is 13.2 Å². The minimum Gasteiger partial charge on any atom is -0.380 e. The van der Waals surface area contributed by atoms with Crippen LogP contribution in [-0.4, -0.2) is 54.5 Å². The fourth-order valence-corrected chi connectivity index (χ4v) is 2.85. The first kappa shape index (κ1) is 18.9. The van der Waals surface area contributed by atoms with E-state index in [1.54, 1.807) is 0 Å². The van der Waals surface area contributed by atoms with Crippen molar-refractivity contribution in [2.24, 2.45) is 0 Å². The van der Waals surface area contributed by atoms with Gasteiger partial charge in [-0.1, -0.05) is 19.3 Å². The Labute approximate surface area is 145 Å². The zero-order valence-corrected chi connectivity index (χ0v) is 15.0. The van der Waals surface area contributed by atoms with Crippen LogP contribution in [0.2, 0.25) is 0 Å². The van der Waals surface area contributed by atoms with Crippen molar-refractivity contribution in [2.45, 2.75) is 51.9 Å². The molecule has 1 aliphatic rings. The first-order valence-corrected chi connectivity index (χ1v) is 9.22. The maximum atomic E-state index is 5.36. The molecule has 1 heterocycles. The van der Waals surface area contributed by atoms with Gasteiger partial charge >= 0.3 is 0 Å². The Balaban J connectivity index is 2.00. The van der Waals surface area contributed by atoms with Gasteiger partial charge in [0.1, 0.15) is 5.82 Å². The van der Waals surface area contributed by atoms with Gasteiger partial charge in [-0.25, -0.2) is 0 Å². The van der Waals surface area contributed by atoms with Crippen molar-refractivity contribution in [3.05, 3.63) is 5.82 Å². The summed E-state index contributed by atoms with van der Waals surface area (Å²) in [7, 11) is 0. The molecular weight excluding hydrogens is 306 g/mol. The second kappa shape index (κ2) is 11.1. The van der Waals surface area contributed by atoms with Crippen LogP contribution in [0.25, 0.3) is 0 Å². The average Bonchev–Trinajstić information content (AvgIpc) is 2.63. The molecule has 0 aliphatic heterocycles. The summed E-state index contributed by atoms with van der Waals surface area (Å²) < 4.78 is 10.7. The predicted molar refractivity (Wildman–Crippen MR) is 95.6 cm³/mol. The monoisotopic (exact) mass is 337 g/mol. The van der Waals surface area contributed by atoms with Crippen LogP contribution in [0.4, 0.5) is 11.9 Å². The van der Waals surface area contributed by atoms with E-state index < -0.39 is 0 Å². The number of anilines is 2. The highest BCUT2D eigenvalue weighted by atomic mass is 16.5. The molecule has 7 heteroatoms. The van der Waals surface area contributed by atoms with Gasteiger partial charge in [0.2, 0.25) is 11.9 Å². The number of hydrogen-bond acceptors (Lipinski definition) is 7. The molecular formula is C17H31N5O2. The maximum Gasteiger partial charge on any atom is 0.227 e. The lowest BCUT2D eigenvalue weighted by molar-refractivity contribution is 0.158. The molecule has 136 valence electrons. The summed E-state index contributed by atoms with van der Waals surface area (Å²) in [5.41, 5.74) is 0. The molecule has 2 rings (SSSR count). The van der Waals surface area contributed by atoms with Crippen molar-refractivity contribution in [3.8, 4) is 0 Å². The minimum atomic E-state index is 0.446. The molecule has 0 atom stereocenters. The molecule has 7 nitrogen and oxygen atoms in total. The van der Waals surface area contributed by atoms with Crippen LogP contribution in [0.1, 0.15) is 57.7 Å². The van der Waals surface area contributed by atoms with Gasteiger partial charge in [-0.05, 0) is 26.7 Å². The maximum absolute atomic E-state index is 5.36. The van der Waals surface area contributed by atoms with Gasteiger partial charge in [-0.15, -0.1) is 0 Å². The largest absolute Gasteiger partial charge is 0.380 e. The molecule has 2 N–H and O–H groups in total. The van der Waals surface area contributed by atoms with Crippen molar-refractivity contribution in [2.75, 3.05) is 50.2 Å². The third kappa shape index (κ3) is 6.57. The van der Waals surface area contributed by atoms with E-state index >= 15 is 0 Å². The fourth-order valence-electron chi connectivity index (χ4n) is 2.85. The molecule has 0 saturated heterocycles. The normalized spacial score (nSPS) is 15.4. The van der Waals surface area contributed by atoms with Gasteiger partial charge in [0.25, 0.3) is 0 Å². The lowest BCUT2D eigenvalue weighted by atomic mass is 9.89. The van der Waals surface area contributed by atoms with Crippen LogP contribution in [0, 0.1) is 0 Å². The Bertz CT molecular complexity index is 436. The van der Waals surface area contributed by atoms with Crippen LogP contribution in [0.5, 0.6) is 0 Å². The zero-order chi connectivity index (χ0) is 17.0. The van der Waals surface area contributed by atoms with E-state index in [1.807, 2.05) is 13.8 Å². The number of ether oxygens (including phenoxy) is 2. The summed E-state index contributed by atoms with van der Waals surface area (Å²) in [5.74, 6) is 2.61. The Morgan fingerprint density at radius 1 is 0.833 bits per heavy atom. The molecule has 1 aromatic rings. The Morgan fingerprint density at radius 3 is 1.88 bits per heavy atom. The minimum absolute atomic E-state index is 0.446. The second-order valence-electron chi connectivity index (χ2n) is 5.92. The third-order valence-electron chi connectivity index (χ3n) is 4.09.